The number of carbonyl (C=O) groups excluding carboxylic acids is 1. The Morgan fingerprint density at radius 2 is 1.89 bits per heavy atom. The van der Waals surface area contributed by atoms with E-state index in [0.717, 1.165) is 18.5 Å². The maximum absolute atomic E-state index is 12.2. The van der Waals surface area contributed by atoms with Crippen LogP contribution in [0.1, 0.15) is 62.4 Å². The van der Waals surface area contributed by atoms with E-state index in [2.05, 4.69) is 38.2 Å². The Morgan fingerprint density at radius 1 is 1.21 bits per heavy atom. The predicted octanol–water partition coefficient (Wildman–Crippen LogP) is 3.70. The Morgan fingerprint density at radius 3 is 2.42 bits per heavy atom. The van der Waals surface area contributed by atoms with Crippen molar-refractivity contribution in [3.8, 4) is 0 Å². The van der Waals surface area contributed by atoms with Crippen molar-refractivity contribution in [3.63, 3.8) is 0 Å². The number of hydrogen-bond acceptors (Lipinski definition) is 2. The molecule has 1 aliphatic rings. The Hall–Kier alpha value is -1.15. The van der Waals surface area contributed by atoms with Crippen LogP contribution >= 0.6 is 0 Å². The van der Waals surface area contributed by atoms with Crippen LogP contribution in [0.3, 0.4) is 0 Å². The zero-order valence-corrected chi connectivity index (χ0v) is 12.3. The lowest BCUT2D eigenvalue weighted by molar-refractivity contribution is 0.0963. The van der Waals surface area contributed by atoms with Crippen LogP contribution in [0.15, 0.2) is 24.3 Å². The van der Waals surface area contributed by atoms with E-state index in [1.54, 1.807) is 0 Å². The van der Waals surface area contributed by atoms with Gasteiger partial charge in [0.2, 0.25) is 0 Å². The first kappa shape index (κ1) is 14.3. The standard InChI is InChI=1S/C17H25NO/c1-17(2,3)14-9-7-13(8-10-14)16(19)12-15-6-4-5-11-18-15/h7-10,15,18H,4-6,11-12H2,1-3H3. The fourth-order valence-electron chi connectivity index (χ4n) is 2.60. The third-order valence-corrected chi connectivity index (χ3v) is 3.92. The lowest BCUT2D eigenvalue weighted by atomic mass is 9.86. The van der Waals surface area contributed by atoms with Crippen LogP contribution in [-0.2, 0) is 5.41 Å². The number of hydrogen-bond donors (Lipinski definition) is 1. The van der Waals surface area contributed by atoms with Crippen LogP contribution in [0.25, 0.3) is 0 Å². The number of carbonyl (C=O) groups is 1. The number of rotatable bonds is 3. The molecule has 104 valence electrons. The van der Waals surface area contributed by atoms with E-state index < -0.39 is 0 Å². The van der Waals surface area contributed by atoms with E-state index in [1.807, 2.05) is 12.1 Å². The summed E-state index contributed by atoms with van der Waals surface area (Å²) in [6, 6.07) is 8.50. The van der Waals surface area contributed by atoms with Gasteiger partial charge in [0, 0.05) is 18.0 Å². The van der Waals surface area contributed by atoms with Crippen molar-refractivity contribution in [1.29, 1.82) is 0 Å². The van der Waals surface area contributed by atoms with E-state index in [4.69, 9.17) is 0 Å². The number of benzene rings is 1. The summed E-state index contributed by atoms with van der Waals surface area (Å²) in [4.78, 5) is 12.2. The van der Waals surface area contributed by atoms with Crippen molar-refractivity contribution in [1.82, 2.24) is 5.32 Å². The first-order valence-electron chi connectivity index (χ1n) is 7.34. The van der Waals surface area contributed by atoms with E-state index in [1.165, 1.54) is 18.4 Å². The summed E-state index contributed by atoms with van der Waals surface area (Å²) in [5, 5.41) is 3.43. The summed E-state index contributed by atoms with van der Waals surface area (Å²) in [6.45, 7) is 7.63. The van der Waals surface area contributed by atoms with Crippen molar-refractivity contribution in [2.45, 2.75) is 57.9 Å². The van der Waals surface area contributed by atoms with Crippen molar-refractivity contribution in [2.24, 2.45) is 0 Å². The quantitative estimate of drug-likeness (QED) is 0.839. The highest BCUT2D eigenvalue weighted by molar-refractivity contribution is 5.96. The van der Waals surface area contributed by atoms with E-state index in [-0.39, 0.29) is 11.2 Å². The van der Waals surface area contributed by atoms with Crippen LogP contribution in [0, 0.1) is 0 Å². The SMILES string of the molecule is CC(C)(C)c1ccc(C(=O)CC2CCCCN2)cc1. The summed E-state index contributed by atoms with van der Waals surface area (Å²) >= 11 is 0. The monoisotopic (exact) mass is 259 g/mol. The van der Waals surface area contributed by atoms with Gasteiger partial charge in [-0.3, -0.25) is 4.79 Å². The molecule has 0 radical (unpaired) electrons. The minimum atomic E-state index is 0.145. The van der Waals surface area contributed by atoms with Gasteiger partial charge in [0.05, 0.1) is 0 Å². The Balaban J connectivity index is 1.99. The fraction of sp³-hybridized carbons (Fsp3) is 0.588. The molecule has 2 heteroatoms. The first-order valence-corrected chi connectivity index (χ1v) is 7.34. The lowest BCUT2D eigenvalue weighted by Crippen LogP contribution is -2.35. The number of nitrogens with one attached hydrogen (secondary N) is 1. The smallest absolute Gasteiger partial charge is 0.164 e. The van der Waals surface area contributed by atoms with Crippen LogP contribution in [-0.4, -0.2) is 18.4 Å². The number of piperidine rings is 1. The zero-order valence-electron chi connectivity index (χ0n) is 12.3. The highest BCUT2D eigenvalue weighted by Crippen LogP contribution is 2.23. The average molecular weight is 259 g/mol. The molecule has 0 aromatic heterocycles. The first-order chi connectivity index (χ1) is 8.97. The van der Waals surface area contributed by atoms with Gasteiger partial charge in [-0.05, 0) is 30.4 Å². The molecule has 0 spiro atoms. The Kier molecular flexibility index (Phi) is 4.41. The topological polar surface area (TPSA) is 29.1 Å². The van der Waals surface area contributed by atoms with Crippen LogP contribution in [0.4, 0.5) is 0 Å². The molecule has 19 heavy (non-hydrogen) atoms. The van der Waals surface area contributed by atoms with Crippen LogP contribution < -0.4 is 5.32 Å². The molecule has 0 amide bonds. The Labute approximate surface area is 116 Å². The van der Waals surface area contributed by atoms with Crippen LogP contribution in [0.2, 0.25) is 0 Å². The van der Waals surface area contributed by atoms with Gasteiger partial charge >= 0.3 is 0 Å². The van der Waals surface area contributed by atoms with Gasteiger partial charge in [0.25, 0.3) is 0 Å². The minimum absolute atomic E-state index is 0.145. The van der Waals surface area contributed by atoms with Crippen molar-refractivity contribution >= 4 is 5.78 Å². The maximum atomic E-state index is 12.2. The fourth-order valence-corrected chi connectivity index (χ4v) is 2.60. The van der Waals surface area contributed by atoms with Gasteiger partial charge in [-0.15, -0.1) is 0 Å². The lowest BCUT2D eigenvalue weighted by Gasteiger charge is -2.23. The van der Waals surface area contributed by atoms with Gasteiger partial charge in [-0.1, -0.05) is 51.5 Å². The van der Waals surface area contributed by atoms with Crippen LogP contribution in [0.5, 0.6) is 0 Å². The molecule has 1 aromatic carbocycles. The molecule has 2 rings (SSSR count). The molecule has 0 aliphatic carbocycles. The van der Waals surface area contributed by atoms with Crippen molar-refractivity contribution in [2.75, 3.05) is 6.54 Å². The van der Waals surface area contributed by atoms with Gasteiger partial charge in [-0.25, -0.2) is 0 Å². The maximum Gasteiger partial charge on any atom is 0.164 e. The molecule has 0 bridgehead atoms. The molecule has 1 aliphatic heterocycles. The summed E-state index contributed by atoms with van der Waals surface area (Å²) in [6.07, 6.45) is 4.25. The molecule has 1 aromatic rings. The second-order valence-corrected chi connectivity index (χ2v) is 6.60. The predicted molar refractivity (Wildman–Crippen MR) is 79.7 cm³/mol. The molecule has 1 fully saturated rings. The summed E-state index contributed by atoms with van der Waals surface area (Å²) in [5.41, 5.74) is 2.27. The van der Waals surface area contributed by atoms with Gasteiger partial charge in [0.1, 0.15) is 0 Å². The summed E-state index contributed by atoms with van der Waals surface area (Å²) < 4.78 is 0. The molecule has 0 saturated carbocycles. The molecule has 1 unspecified atom stereocenters. The highest BCUT2D eigenvalue weighted by Gasteiger charge is 2.18. The second-order valence-electron chi connectivity index (χ2n) is 6.60. The minimum Gasteiger partial charge on any atom is -0.314 e. The average Bonchev–Trinajstić information content (AvgIpc) is 2.39. The molecule has 1 atom stereocenters. The molecular formula is C17H25NO. The van der Waals surface area contributed by atoms with E-state index >= 15 is 0 Å². The largest absolute Gasteiger partial charge is 0.314 e. The van der Waals surface area contributed by atoms with Gasteiger partial charge in [-0.2, -0.15) is 0 Å². The summed E-state index contributed by atoms with van der Waals surface area (Å²) in [7, 11) is 0. The number of Topliss-reactive ketones (excluding diaryl/α,β-unsaturated/α-hetero) is 1. The molecule has 1 saturated heterocycles. The molecular weight excluding hydrogens is 234 g/mol. The summed E-state index contributed by atoms with van der Waals surface area (Å²) in [5.74, 6) is 0.264. The third kappa shape index (κ3) is 3.90. The Bertz CT molecular complexity index is 422. The second kappa shape index (κ2) is 5.87. The molecule has 1 heterocycles. The van der Waals surface area contributed by atoms with Crippen molar-refractivity contribution in [3.05, 3.63) is 35.4 Å². The zero-order chi connectivity index (χ0) is 13.9. The van der Waals surface area contributed by atoms with E-state index in [9.17, 15) is 4.79 Å². The number of ketones is 1. The van der Waals surface area contributed by atoms with E-state index in [0.29, 0.717) is 12.5 Å². The molecule has 1 N–H and O–H groups in total. The van der Waals surface area contributed by atoms with Gasteiger partial charge in [0.15, 0.2) is 5.78 Å². The normalized spacial score (nSPS) is 20.3. The van der Waals surface area contributed by atoms with Crippen molar-refractivity contribution < 1.29 is 4.79 Å². The highest BCUT2D eigenvalue weighted by atomic mass is 16.1. The third-order valence-electron chi connectivity index (χ3n) is 3.92. The van der Waals surface area contributed by atoms with Gasteiger partial charge < -0.3 is 5.32 Å². The molecule has 2 nitrogen and oxygen atoms in total.